The van der Waals surface area contributed by atoms with Crippen LogP contribution in [0.2, 0.25) is 0 Å². The summed E-state index contributed by atoms with van der Waals surface area (Å²) in [6.07, 6.45) is 0.819. The van der Waals surface area contributed by atoms with E-state index in [1.165, 1.54) is 18.2 Å². The lowest BCUT2D eigenvalue weighted by molar-refractivity contribution is -0.128. The largest absolute Gasteiger partial charge is 0.480 e. The van der Waals surface area contributed by atoms with E-state index in [2.05, 4.69) is 21.2 Å². The average molecular weight is 493 g/mol. The molecular formula is C21H18BrFN2O4S. The van der Waals surface area contributed by atoms with Gasteiger partial charge >= 0.3 is 0 Å². The van der Waals surface area contributed by atoms with Crippen molar-refractivity contribution in [3.05, 3.63) is 69.3 Å². The van der Waals surface area contributed by atoms with E-state index < -0.39 is 17.8 Å². The van der Waals surface area contributed by atoms with Crippen molar-refractivity contribution in [2.75, 3.05) is 13.1 Å². The number of ether oxygens (including phenoxy) is 1. The van der Waals surface area contributed by atoms with Crippen molar-refractivity contribution in [3.8, 4) is 5.75 Å². The second kappa shape index (κ2) is 9.90. The highest BCUT2D eigenvalue weighted by atomic mass is 79.9. The first kappa shape index (κ1) is 22.0. The number of hydrogen-bond donors (Lipinski definition) is 1. The first-order valence-electron chi connectivity index (χ1n) is 9.05. The van der Waals surface area contributed by atoms with E-state index in [0.29, 0.717) is 15.1 Å². The molecule has 0 saturated carbocycles. The number of imide groups is 1. The molecule has 1 unspecified atom stereocenters. The molecule has 2 aromatic carbocycles. The smallest absolute Gasteiger partial charge is 0.293 e. The molecule has 1 aliphatic rings. The number of halogens is 2. The van der Waals surface area contributed by atoms with Gasteiger partial charge in [0.25, 0.3) is 17.1 Å². The standard InChI is InChI=1S/C21H18BrFN2O4S/c1-13(29-17-8-7-15(23)12-16(17)22)19(26)24-9-10-25-20(27)18(30-21(25)28)11-14-5-3-2-4-6-14/h2-8,11-13H,9-10H2,1H3,(H,24,26)/b18-11-. The average Bonchev–Trinajstić information content (AvgIpc) is 2.98. The van der Waals surface area contributed by atoms with Gasteiger partial charge in [0.2, 0.25) is 0 Å². The van der Waals surface area contributed by atoms with E-state index in [1.807, 2.05) is 30.3 Å². The van der Waals surface area contributed by atoms with Crippen LogP contribution in [0.3, 0.4) is 0 Å². The SMILES string of the molecule is CC(Oc1ccc(F)cc1Br)C(=O)NCCN1C(=O)S/C(=C\c2ccccc2)C1=O. The summed E-state index contributed by atoms with van der Waals surface area (Å²) in [6, 6.07) is 13.1. The Morgan fingerprint density at radius 2 is 2.00 bits per heavy atom. The Balaban J connectivity index is 1.51. The van der Waals surface area contributed by atoms with Crippen molar-refractivity contribution in [2.45, 2.75) is 13.0 Å². The van der Waals surface area contributed by atoms with Gasteiger partial charge in [0, 0.05) is 13.1 Å². The molecule has 1 atom stereocenters. The lowest BCUT2D eigenvalue weighted by atomic mass is 10.2. The van der Waals surface area contributed by atoms with E-state index in [0.717, 1.165) is 22.2 Å². The van der Waals surface area contributed by atoms with E-state index in [-0.39, 0.29) is 24.2 Å². The van der Waals surface area contributed by atoms with Gasteiger partial charge in [-0.1, -0.05) is 30.3 Å². The zero-order valence-corrected chi connectivity index (χ0v) is 18.3. The third kappa shape index (κ3) is 5.48. The number of amides is 3. The van der Waals surface area contributed by atoms with Gasteiger partial charge in [0.1, 0.15) is 11.6 Å². The molecule has 1 N–H and O–H groups in total. The summed E-state index contributed by atoms with van der Waals surface area (Å²) in [5.74, 6) is -0.901. The molecule has 1 fully saturated rings. The zero-order chi connectivity index (χ0) is 21.7. The number of carbonyl (C=O) groups excluding carboxylic acids is 3. The van der Waals surface area contributed by atoms with Crippen molar-refractivity contribution in [2.24, 2.45) is 0 Å². The maximum Gasteiger partial charge on any atom is 0.293 e. The van der Waals surface area contributed by atoms with Crippen molar-refractivity contribution >= 4 is 50.8 Å². The molecule has 156 valence electrons. The van der Waals surface area contributed by atoms with Crippen LogP contribution in [0.15, 0.2) is 57.9 Å². The van der Waals surface area contributed by atoms with Crippen molar-refractivity contribution in [3.63, 3.8) is 0 Å². The summed E-state index contributed by atoms with van der Waals surface area (Å²) in [4.78, 5) is 38.3. The summed E-state index contributed by atoms with van der Waals surface area (Å²) < 4.78 is 19.1. The minimum absolute atomic E-state index is 0.0511. The van der Waals surface area contributed by atoms with Crippen LogP contribution in [0.5, 0.6) is 5.75 Å². The molecule has 0 aliphatic carbocycles. The van der Waals surface area contributed by atoms with Gasteiger partial charge in [-0.05, 0) is 64.5 Å². The van der Waals surface area contributed by atoms with E-state index in [9.17, 15) is 18.8 Å². The Morgan fingerprint density at radius 3 is 2.70 bits per heavy atom. The molecule has 3 rings (SSSR count). The number of nitrogens with one attached hydrogen (secondary N) is 1. The quantitative estimate of drug-likeness (QED) is 0.585. The normalized spacial score (nSPS) is 16.1. The minimum Gasteiger partial charge on any atom is -0.480 e. The first-order chi connectivity index (χ1) is 14.3. The maximum atomic E-state index is 13.1. The van der Waals surface area contributed by atoms with E-state index in [4.69, 9.17) is 4.74 Å². The number of benzene rings is 2. The molecule has 0 radical (unpaired) electrons. The van der Waals surface area contributed by atoms with Crippen LogP contribution in [0, 0.1) is 5.82 Å². The Kier molecular flexibility index (Phi) is 7.28. The van der Waals surface area contributed by atoms with Gasteiger partial charge in [0.15, 0.2) is 6.10 Å². The van der Waals surface area contributed by atoms with Crippen molar-refractivity contribution < 1.29 is 23.5 Å². The zero-order valence-electron chi connectivity index (χ0n) is 15.9. The monoisotopic (exact) mass is 492 g/mol. The third-order valence-corrected chi connectivity index (χ3v) is 5.70. The Bertz CT molecular complexity index is 1000. The number of hydrogen-bond acceptors (Lipinski definition) is 5. The van der Waals surface area contributed by atoms with Gasteiger partial charge in [-0.2, -0.15) is 0 Å². The molecule has 2 aromatic rings. The summed E-state index contributed by atoms with van der Waals surface area (Å²) >= 11 is 4.05. The van der Waals surface area contributed by atoms with E-state index >= 15 is 0 Å². The molecule has 1 aliphatic heterocycles. The van der Waals surface area contributed by atoms with Crippen molar-refractivity contribution in [1.29, 1.82) is 0 Å². The van der Waals surface area contributed by atoms with Gasteiger partial charge in [-0.3, -0.25) is 19.3 Å². The molecule has 0 spiro atoms. The summed E-state index contributed by atoms with van der Waals surface area (Å²) in [7, 11) is 0. The number of carbonyl (C=O) groups is 3. The lowest BCUT2D eigenvalue weighted by Crippen LogP contribution is -2.41. The third-order valence-electron chi connectivity index (χ3n) is 4.17. The molecule has 0 aromatic heterocycles. The second-order valence-corrected chi connectivity index (χ2v) is 8.22. The predicted octanol–water partition coefficient (Wildman–Crippen LogP) is 4.21. The number of thioether (sulfide) groups is 1. The van der Waals surface area contributed by atoms with Crippen molar-refractivity contribution in [1.82, 2.24) is 10.2 Å². The molecule has 30 heavy (non-hydrogen) atoms. The molecule has 6 nitrogen and oxygen atoms in total. The Labute approximate surface area is 185 Å². The van der Waals surface area contributed by atoms with Crippen LogP contribution >= 0.6 is 27.7 Å². The summed E-state index contributed by atoms with van der Waals surface area (Å²) in [5, 5.41) is 2.26. The Hall–Kier alpha value is -2.65. The lowest BCUT2D eigenvalue weighted by Gasteiger charge is -2.17. The number of nitrogens with zero attached hydrogens (tertiary/aromatic N) is 1. The topological polar surface area (TPSA) is 75.7 Å². The second-order valence-electron chi connectivity index (χ2n) is 6.37. The predicted molar refractivity (Wildman–Crippen MR) is 116 cm³/mol. The molecule has 0 bridgehead atoms. The maximum absolute atomic E-state index is 13.1. The highest BCUT2D eigenvalue weighted by Crippen LogP contribution is 2.31. The minimum atomic E-state index is -0.848. The van der Waals surface area contributed by atoms with Crippen LogP contribution in [-0.2, 0) is 9.59 Å². The van der Waals surface area contributed by atoms with Crippen LogP contribution in [0.25, 0.3) is 6.08 Å². The highest BCUT2D eigenvalue weighted by Gasteiger charge is 2.34. The van der Waals surface area contributed by atoms with Gasteiger partial charge in [0.05, 0.1) is 9.38 Å². The van der Waals surface area contributed by atoms with Crippen LogP contribution in [-0.4, -0.2) is 41.1 Å². The number of rotatable bonds is 7. The fourth-order valence-electron chi connectivity index (χ4n) is 2.64. The highest BCUT2D eigenvalue weighted by molar-refractivity contribution is 9.10. The molecule has 9 heteroatoms. The molecular weight excluding hydrogens is 475 g/mol. The summed E-state index contributed by atoms with van der Waals surface area (Å²) in [6.45, 7) is 1.69. The van der Waals surface area contributed by atoms with E-state index in [1.54, 1.807) is 13.0 Å². The van der Waals surface area contributed by atoms with Crippen LogP contribution in [0.4, 0.5) is 9.18 Å². The fraction of sp³-hybridized carbons (Fsp3) is 0.190. The summed E-state index contributed by atoms with van der Waals surface area (Å²) in [5.41, 5.74) is 0.828. The molecule has 3 amide bonds. The van der Waals surface area contributed by atoms with Gasteiger partial charge in [-0.25, -0.2) is 4.39 Å². The van der Waals surface area contributed by atoms with Gasteiger partial charge < -0.3 is 10.1 Å². The van der Waals surface area contributed by atoms with Crippen LogP contribution in [0.1, 0.15) is 12.5 Å². The first-order valence-corrected chi connectivity index (χ1v) is 10.7. The van der Waals surface area contributed by atoms with Gasteiger partial charge in [-0.15, -0.1) is 0 Å². The Morgan fingerprint density at radius 1 is 1.27 bits per heavy atom. The molecule has 1 saturated heterocycles. The van der Waals surface area contributed by atoms with Crippen LogP contribution < -0.4 is 10.1 Å². The molecule has 1 heterocycles. The fourth-order valence-corrected chi connectivity index (χ4v) is 3.95.